The predicted molar refractivity (Wildman–Crippen MR) is 110 cm³/mol. The molecule has 1 aliphatic rings. The molecule has 8 heteroatoms. The first kappa shape index (κ1) is 19.5. The Kier molecular flexibility index (Phi) is 5.29. The van der Waals surface area contributed by atoms with Gasteiger partial charge in [-0.1, -0.05) is 23.4 Å². The van der Waals surface area contributed by atoms with E-state index in [4.69, 9.17) is 0 Å². The second kappa shape index (κ2) is 7.88. The molecule has 3 aromatic rings. The van der Waals surface area contributed by atoms with Crippen molar-refractivity contribution in [3.8, 4) is 5.69 Å². The van der Waals surface area contributed by atoms with Crippen molar-refractivity contribution in [2.45, 2.75) is 32.9 Å². The number of aliphatic hydroxyl groups is 1. The summed E-state index contributed by atoms with van der Waals surface area (Å²) in [4.78, 5) is 21.6. The van der Waals surface area contributed by atoms with E-state index in [9.17, 15) is 9.90 Å². The first-order chi connectivity index (χ1) is 14.0. The van der Waals surface area contributed by atoms with Gasteiger partial charge in [0.15, 0.2) is 5.69 Å². The van der Waals surface area contributed by atoms with Crippen molar-refractivity contribution in [2.24, 2.45) is 0 Å². The van der Waals surface area contributed by atoms with Crippen molar-refractivity contribution < 1.29 is 9.90 Å². The highest BCUT2D eigenvalue weighted by Gasteiger charge is 2.30. The third-order valence-electron chi connectivity index (χ3n) is 5.49. The minimum atomic E-state index is -0.379. The summed E-state index contributed by atoms with van der Waals surface area (Å²) in [5, 5.41) is 19.1. The number of nitrogens with zero attached hydrogens (tertiary/aromatic N) is 6. The number of aromatic nitrogens is 4. The lowest BCUT2D eigenvalue weighted by atomic mass is 10.1. The minimum absolute atomic E-state index is 0.106. The van der Waals surface area contributed by atoms with Crippen LogP contribution in [0.1, 0.15) is 30.0 Å². The molecule has 2 atom stereocenters. The Morgan fingerprint density at radius 3 is 2.83 bits per heavy atom. The number of β-amino-alcohol motifs (C(OH)–C–C–N with tert-alkyl or cyclic N) is 1. The molecule has 1 N–H and O–H groups in total. The van der Waals surface area contributed by atoms with E-state index >= 15 is 0 Å². The van der Waals surface area contributed by atoms with Crippen LogP contribution in [0.3, 0.4) is 0 Å². The first-order valence-electron chi connectivity index (χ1n) is 9.93. The van der Waals surface area contributed by atoms with Gasteiger partial charge in [0.25, 0.3) is 5.91 Å². The highest BCUT2D eigenvalue weighted by Crippen LogP contribution is 2.22. The van der Waals surface area contributed by atoms with E-state index in [1.165, 1.54) is 0 Å². The number of benzene rings is 1. The van der Waals surface area contributed by atoms with Gasteiger partial charge < -0.3 is 10.0 Å². The largest absolute Gasteiger partial charge is 0.392 e. The highest BCUT2D eigenvalue weighted by atomic mass is 16.3. The smallest absolute Gasteiger partial charge is 0.276 e. The summed E-state index contributed by atoms with van der Waals surface area (Å²) < 4.78 is 1.69. The molecule has 0 aliphatic carbocycles. The molecule has 29 heavy (non-hydrogen) atoms. The van der Waals surface area contributed by atoms with Gasteiger partial charge in [0.1, 0.15) is 0 Å². The van der Waals surface area contributed by atoms with Crippen molar-refractivity contribution in [3.63, 3.8) is 0 Å². The lowest BCUT2D eigenvalue weighted by Crippen LogP contribution is -2.55. The molecule has 0 spiro atoms. The summed E-state index contributed by atoms with van der Waals surface area (Å²) in [5.74, 6) is -0.106. The number of pyridine rings is 1. The standard InChI is InChI=1S/C21H26N6O2/c1-14-12-26(11-10-25(14)13-15(2)28)21(29)19-16(3)27(24-23-19)18-8-4-6-17-7-5-9-22-20(17)18/h4-9,14-15,28H,10-13H2,1-3H3/t14-,15+/m1/s1. The van der Waals surface area contributed by atoms with E-state index in [0.29, 0.717) is 31.0 Å². The van der Waals surface area contributed by atoms with Gasteiger partial charge in [0, 0.05) is 43.8 Å². The lowest BCUT2D eigenvalue weighted by molar-refractivity contribution is 0.0361. The second-order valence-corrected chi connectivity index (χ2v) is 7.73. The first-order valence-corrected chi connectivity index (χ1v) is 9.93. The normalized spacial score (nSPS) is 18.9. The molecule has 0 unspecified atom stereocenters. The number of carbonyl (C=O) groups excluding carboxylic acids is 1. The zero-order valence-corrected chi connectivity index (χ0v) is 17.0. The molecule has 0 radical (unpaired) electrons. The molecule has 2 aromatic heterocycles. The Hall–Kier alpha value is -2.84. The highest BCUT2D eigenvalue weighted by molar-refractivity contribution is 5.94. The topological polar surface area (TPSA) is 87.4 Å². The van der Waals surface area contributed by atoms with Crippen LogP contribution in [-0.2, 0) is 0 Å². The van der Waals surface area contributed by atoms with E-state index in [1.807, 2.05) is 42.2 Å². The fourth-order valence-electron chi connectivity index (χ4n) is 3.95. The van der Waals surface area contributed by atoms with Crippen LogP contribution in [-0.4, -0.2) is 79.1 Å². The minimum Gasteiger partial charge on any atom is -0.392 e. The SMILES string of the molecule is Cc1c(C(=O)N2CCN(C[C@H](C)O)[C@H](C)C2)nnn1-c1cccc2cccnc12. The van der Waals surface area contributed by atoms with Gasteiger partial charge in [-0.15, -0.1) is 5.10 Å². The number of hydrogen-bond acceptors (Lipinski definition) is 6. The van der Waals surface area contributed by atoms with E-state index in [1.54, 1.807) is 17.8 Å². The van der Waals surface area contributed by atoms with Crippen LogP contribution in [0.25, 0.3) is 16.6 Å². The van der Waals surface area contributed by atoms with E-state index < -0.39 is 0 Å². The van der Waals surface area contributed by atoms with E-state index in [0.717, 1.165) is 23.1 Å². The maximum Gasteiger partial charge on any atom is 0.276 e. The van der Waals surface area contributed by atoms with Crippen LogP contribution >= 0.6 is 0 Å². The molecule has 1 saturated heterocycles. The van der Waals surface area contributed by atoms with Crippen LogP contribution in [0.4, 0.5) is 0 Å². The summed E-state index contributed by atoms with van der Waals surface area (Å²) >= 11 is 0. The number of amides is 1. The molecule has 4 rings (SSSR count). The number of hydrogen-bond donors (Lipinski definition) is 1. The molecule has 0 bridgehead atoms. The van der Waals surface area contributed by atoms with E-state index in [2.05, 4.69) is 27.1 Å². The van der Waals surface area contributed by atoms with Crippen molar-refractivity contribution in [3.05, 3.63) is 47.9 Å². The Bertz CT molecular complexity index is 1030. The van der Waals surface area contributed by atoms with Gasteiger partial charge in [0.05, 0.1) is 23.0 Å². The predicted octanol–water partition coefficient (Wildman–Crippen LogP) is 1.65. The Labute approximate surface area is 169 Å². The fourth-order valence-corrected chi connectivity index (χ4v) is 3.95. The molecule has 8 nitrogen and oxygen atoms in total. The van der Waals surface area contributed by atoms with Crippen molar-refractivity contribution in [2.75, 3.05) is 26.2 Å². The molecule has 1 aromatic carbocycles. The fraction of sp³-hybridized carbons (Fsp3) is 0.429. The molecule has 152 valence electrons. The maximum atomic E-state index is 13.1. The van der Waals surface area contributed by atoms with Crippen LogP contribution in [0.5, 0.6) is 0 Å². The average molecular weight is 394 g/mol. The molecular weight excluding hydrogens is 368 g/mol. The Balaban J connectivity index is 1.58. The van der Waals surface area contributed by atoms with Gasteiger partial charge in [-0.25, -0.2) is 4.68 Å². The summed E-state index contributed by atoms with van der Waals surface area (Å²) in [6.45, 7) is 8.29. The van der Waals surface area contributed by atoms with Crippen LogP contribution in [0.2, 0.25) is 0 Å². The monoisotopic (exact) mass is 394 g/mol. The zero-order chi connectivity index (χ0) is 20.5. The summed E-state index contributed by atoms with van der Waals surface area (Å²) in [6, 6.07) is 9.96. The van der Waals surface area contributed by atoms with Crippen LogP contribution < -0.4 is 0 Å². The summed E-state index contributed by atoms with van der Waals surface area (Å²) in [7, 11) is 0. The number of rotatable bonds is 4. The van der Waals surface area contributed by atoms with Crippen molar-refractivity contribution in [1.82, 2.24) is 29.8 Å². The second-order valence-electron chi connectivity index (χ2n) is 7.73. The lowest BCUT2D eigenvalue weighted by Gasteiger charge is -2.40. The molecule has 1 amide bonds. The number of aliphatic hydroxyl groups excluding tert-OH is 1. The summed E-state index contributed by atoms with van der Waals surface area (Å²) in [6.07, 6.45) is 1.37. The number of carbonyl (C=O) groups is 1. The molecular formula is C21H26N6O2. The Morgan fingerprint density at radius 1 is 1.28 bits per heavy atom. The number of piperazine rings is 1. The van der Waals surface area contributed by atoms with Gasteiger partial charge >= 0.3 is 0 Å². The molecule has 3 heterocycles. The third kappa shape index (κ3) is 3.73. The average Bonchev–Trinajstić information content (AvgIpc) is 3.09. The Morgan fingerprint density at radius 2 is 2.07 bits per heavy atom. The zero-order valence-electron chi connectivity index (χ0n) is 17.0. The molecule has 1 aliphatic heterocycles. The third-order valence-corrected chi connectivity index (χ3v) is 5.49. The van der Waals surface area contributed by atoms with Gasteiger partial charge in [-0.05, 0) is 32.9 Å². The molecule has 0 saturated carbocycles. The van der Waals surface area contributed by atoms with Gasteiger partial charge in [-0.2, -0.15) is 0 Å². The van der Waals surface area contributed by atoms with Gasteiger partial charge in [0.2, 0.25) is 0 Å². The number of fused-ring (bicyclic) bond motifs is 1. The summed E-state index contributed by atoms with van der Waals surface area (Å²) in [5.41, 5.74) is 2.70. The maximum absolute atomic E-state index is 13.1. The van der Waals surface area contributed by atoms with Crippen molar-refractivity contribution in [1.29, 1.82) is 0 Å². The van der Waals surface area contributed by atoms with Crippen LogP contribution in [0, 0.1) is 6.92 Å². The quantitative estimate of drug-likeness (QED) is 0.724. The van der Waals surface area contributed by atoms with Gasteiger partial charge in [-0.3, -0.25) is 14.7 Å². The molecule has 1 fully saturated rings. The van der Waals surface area contributed by atoms with E-state index in [-0.39, 0.29) is 18.1 Å². The van der Waals surface area contributed by atoms with Crippen LogP contribution in [0.15, 0.2) is 36.5 Å². The number of para-hydroxylation sites is 1. The van der Waals surface area contributed by atoms with Crippen molar-refractivity contribution >= 4 is 16.8 Å².